The number of benzene rings is 2. The Morgan fingerprint density at radius 2 is 1.88 bits per heavy atom. The number of nitrogens with one attached hydrogen (secondary N) is 1. The predicted molar refractivity (Wildman–Crippen MR) is 95.7 cm³/mol. The lowest BCUT2D eigenvalue weighted by Gasteiger charge is -2.21. The van der Waals surface area contributed by atoms with Gasteiger partial charge in [0.05, 0.1) is 12.1 Å². The number of hydrogen-bond donors (Lipinski definition) is 1. The molecule has 1 N–H and O–H groups in total. The molecule has 2 rings (SSSR count). The van der Waals surface area contributed by atoms with E-state index in [2.05, 4.69) is 5.32 Å². The van der Waals surface area contributed by atoms with Gasteiger partial charge in [-0.25, -0.2) is 0 Å². The number of nitrogens with zero attached hydrogens (tertiary/aromatic N) is 1. The third kappa shape index (κ3) is 4.73. The van der Waals surface area contributed by atoms with Crippen LogP contribution in [0, 0.1) is 0 Å². The van der Waals surface area contributed by atoms with Crippen molar-refractivity contribution in [2.45, 2.75) is 13.3 Å². The van der Waals surface area contributed by atoms with Gasteiger partial charge in [-0.1, -0.05) is 29.8 Å². The van der Waals surface area contributed by atoms with Gasteiger partial charge in [0.25, 0.3) is 0 Å². The van der Waals surface area contributed by atoms with E-state index >= 15 is 0 Å². The number of hydrogen-bond acceptors (Lipinski definition) is 3. The molecule has 24 heavy (non-hydrogen) atoms. The molecule has 0 bridgehead atoms. The number of carbonyl (C=O) groups is 2. The molecule has 2 aromatic rings. The van der Waals surface area contributed by atoms with Gasteiger partial charge in [-0.2, -0.15) is 0 Å². The Hall–Kier alpha value is -2.53. The Bertz CT molecular complexity index is 719. The first-order valence-corrected chi connectivity index (χ1v) is 7.85. The molecule has 0 saturated carbocycles. The molecule has 0 heterocycles. The first-order chi connectivity index (χ1) is 11.5. The Kier molecular flexibility index (Phi) is 6.21. The molecule has 0 aliphatic rings. The highest BCUT2D eigenvalue weighted by Gasteiger charge is 2.15. The number of ether oxygens (including phenoxy) is 1. The van der Waals surface area contributed by atoms with Crippen molar-refractivity contribution in [3.63, 3.8) is 0 Å². The molecule has 0 radical (unpaired) electrons. The zero-order valence-corrected chi connectivity index (χ0v) is 14.3. The Morgan fingerprint density at radius 1 is 1.17 bits per heavy atom. The average molecular weight is 347 g/mol. The summed E-state index contributed by atoms with van der Waals surface area (Å²) in [6.45, 7) is 1.71. The fourth-order valence-electron chi connectivity index (χ4n) is 2.25. The van der Waals surface area contributed by atoms with Crippen LogP contribution in [0.15, 0.2) is 48.5 Å². The second-order valence-electron chi connectivity index (χ2n) is 5.15. The van der Waals surface area contributed by atoms with E-state index in [1.54, 1.807) is 18.2 Å². The van der Waals surface area contributed by atoms with Gasteiger partial charge in [-0.15, -0.1) is 0 Å². The van der Waals surface area contributed by atoms with Gasteiger partial charge in [-0.3, -0.25) is 9.59 Å². The van der Waals surface area contributed by atoms with Crippen molar-refractivity contribution in [2.24, 2.45) is 0 Å². The molecule has 0 spiro atoms. The van der Waals surface area contributed by atoms with E-state index in [0.717, 1.165) is 5.69 Å². The largest absolute Gasteiger partial charge is 0.495 e. The lowest BCUT2D eigenvalue weighted by molar-refractivity contribution is -0.117. The lowest BCUT2D eigenvalue weighted by atomic mass is 10.2. The summed E-state index contributed by atoms with van der Waals surface area (Å²) < 4.78 is 5.11. The number of anilines is 2. The van der Waals surface area contributed by atoms with E-state index in [9.17, 15) is 9.59 Å². The van der Waals surface area contributed by atoms with Crippen molar-refractivity contribution in [3.8, 4) is 5.75 Å². The molecule has 126 valence electrons. The average Bonchev–Trinajstić information content (AvgIpc) is 2.56. The predicted octanol–water partition coefficient (Wildman–Crippen LogP) is 3.73. The smallest absolute Gasteiger partial charge is 0.226 e. The van der Waals surface area contributed by atoms with Crippen molar-refractivity contribution in [3.05, 3.63) is 53.6 Å². The summed E-state index contributed by atoms with van der Waals surface area (Å²) in [5.41, 5.74) is 1.35. The maximum atomic E-state index is 12.0. The maximum Gasteiger partial charge on any atom is 0.226 e. The molecule has 0 aromatic heterocycles. The van der Waals surface area contributed by atoms with Gasteiger partial charge in [-0.05, 0) is 30.3 Å². The highest BCUT2D eigenvalue weighted by molar-refractivity contribution is 6.32. The van der Waals surface area contributed by atoms with Crippen LogP contribution in [0.2, 0.25) is 5.02 Å². The van der Waals surface area contributed by atoms with Gasteiger partial charge in [0, 0.05) is 31.3 Å². The minimum atomic E-state index is -0.163. The first-order valence-electron chi connectivity index (χ1n) is 7.48. The monoisotopic (exact) mass is 346 g/mol. The summed E-state index contributed by atoms with van der Waals surface area (Å²) in [5, 5.41) is 3.21. The van der Waals surface area contributed by atoms with Crippen LogP contribution in [-0.2, 0) is 9.59 Å². The van der Waals surface area contributed by atoms with Crippen molar-refractivity contribution in [1.82, 2.24) is 0 Å². The Balaban J connectivity index is 2.02. The van der Waals surface area contributed by atoms with E-state index in [-0.39, 0.29) is 24.8 Å². The number of halogens is 1. The lowest BCUT2D eigenvalue weighted by Crippen LogP contribution is -2.31. The molecule has 5 nitrogen and oxygen atoms in total. The van der Waals surface area contributed by atoms with E-state index in [4.69, 9.17) is 16.3 Å². The Labute approximate surface area is 146 Å². The SMILES string of the molecule is COc1ccc(N(CCC(=O)Nc2ccccc2)C(C)=O)cc1Cl. The van der Waals surface area contributed by atoms with Gasteiger partial charge in [0.2, 0.25) is 11.8 Å². The topological polar surface area (TPSA) is 58.6 Å². The zero-order chi connectivity index (χ0) is 17.5. The zero-order valence-electron chi connectivity index (χ0n) is 13.6. The van der Waals surface area contributed by atoms with Crippen molar-refractivity contribution < 1.29 is 14.3 Å². The van der Waals surface area contributed by atoms with Crippen molar-refractivity contribution in [1.29, 1.82) is 0 Å². The standard InChI is InChI=1S/C18H19ClN2O3/c1-13(22)21(15-8-9-17(24-2)16(19)12-15)11-10-18(23)20-14-6-4-3-5-7-14/h3-9,12H,10-11H2,1-2H3,(H,20,23). The van der Waals surface area contributed by atoms with Crippen LogP contribution in [0.4, 0.5) is 11.4 Å². The molecular weight excluding hydrogens is 328 g/mol. The van der Waals surface area contributed by atoms with Crippen molar-refractivity contribution >= 4 is 34.8 Å². The van der Waals surface area contributed by atoms with Crippen LogP contribution in [0.25, 0.3) is 0 Å². The molecule has 0 saturated heterocycles. The molecule has 0 atom stereocenters. The van der Waals surface area contributed by atoms with Crippen LogP contribution < -0.4 is 15.0 Å². The second kappa shape index (κ2) is 8.36. The molecule has 0 unspecified atom stereocenters. The van der Waals surface area contributed by atoms with Crippen molar-refractivity contribution in [2.75, 3.05) is 23.9 Å². The van der Waals surface area contributed by atoms with E-state index in [1.807, 2.05) is 30.3 Å². The molecule has 0 aliphatic carbocycles. The normalized spacial score (nSPS) is 10.1. The molecular formula is C18H19ClN2O3. The fourth-order valence-corrected chi connectivity index (χ4v) is 2.50. The molecule has 2 amide bonds. The quantitative estimate of drug-likeness (QED) is 0.867. The summed E-state index contributed by atoms with van der Waals surface area (Å²) in [6, 6.07) is 14.3. The summed E-state index contributed by atoms with van der Waals surface area (Å²) in [6.07, 6.45) is 0.179. The number of rotatable bonds is 6. The van der Waals surface area contributed by atoms with Crippen LogP contribution in [0.5, 0.6) is 5.75 Å². The molecule has 0 aliphatic heterocycles. The second-order valence-corrected chi connectivity index (χ2v) is 5.56. The van der Waals surface area contributed by atoms with E-state index < -0.39 is 0 Å². The van der Waals surface area contributed by atoms with Gasteiger partial charge in [0.1, 0.15) is 5.75 Å². The highest BCUT2D eigenvalue weighted by atomic mass is 35.5. The summed E-state index contributed by atoms with van der Waals surface area (Å²) in [7, 11) is 1.53. The highest BCUT2D eigenvalue weighted by Crippen LogP contribution is 2.29. The summed E-state index contributed by atoms with van der Waals surface area (Å²) >= 11 is 6.11. The van der Waals surface area contributed by atoms with Crippen LogP contribution in [0.3, 0.4) is 0 Å². The molecule has 2 aromatic carbocycles. The number of para-hydroxylation sites is 1. The first kappa shape index (κ1) is 17.8. The summed E-state index contributed by atoms with van der Waals surface area (Å²) in [4.78, 5) is 25.5. The number of amides is 2. The third-order valence-electron chi connectivity index (χ3n) is 3.45. The minimum absolute atomic E-state index is 0.160. The van der Waals surface area contributed by atoms with E-state index in [0.29, 0.717) is 16.5 Å². The molecule has 6 heteroatoms. The number of carbonyl (C=O) groups excluding carboxylic acids is 2. The summed E-state index contributed by atoms with van der Waals surface area (Å²) in [5.74, 6) is 0.210. The van der Waals surface area contributed by atoms with Gasteiger partial charge in [0.15, 0.2) is 0 Å². The van der Waals surface area contributed by atoms with Gasteiger partial charge < -0.3 is 15.0 Å². The van der Waals surface area contributed by atoms with E-state index in [1.165, 1.54) is 18.9 Å². The molecule has 0 fully saturated rings. The third-order valence-corrected chi connectivity index (χ3v) is 3.74. The fraction of sp³-hybridized carbons (Fsp3) is 0.222. The van der Waals surface area contributed by atoms with Crippen LogP contribution in [-0.4, -0.2) is 25.5 Å². The van der Waals surface area contributed by atoms with Crippen LogP contribution in [0.1, 0.15) is 13.3 Å². The van der Waals surface area contributed by atoms with Crippen LogP contribution >= 0.6 is 11.6 Å². The van der Waals surface area contributed by atoms with Gasteiger partial charge >= 0.3 is 0 Å². The minimum Gasteiger partial charge on any atom is -0.495 e. The Morgan fingerprint density at radius 3 is 2.46 bits per heavy atom. The number of methoxy groups -OCH3 is 1. The maximum absolute atomic E-state index is 12.0.